The van der Waals surface area contributed by atoms with Crippen molar-refractivity contribution in [1.29, 1.82) is 0 Å². The average Bonchev–Trinajstić information content (AvgIpc) is 2.42. The van der Waals surface area contributed by atoms with Crippen LogP contribution in [0.15, 0.2) is 0 Å². The molecule has 1 fully saturated rings. The third-order valence-corrected chi connectivity index (χ3v) is 3.21. The van der Waals surface area contributed by atoms with Crippen molar-refractivity contribution in [1.82, 2.24) is 4.90 Å². The predicted octanol–water partition coefficient (Wildman–Crippen LogP) is 2.27. The SMILES string of the molecule is CC(C(=O)O)(N1CCCCCC1)C(F)(F)F. The fourth-order valence-corrected chi connectivity index (χ4v) is 1.95. The van der Waals surface area contributed by atoms with Crippen molar-refractivity contribution in [2.45, 2.75) is 44.3 Å². The first-order valence-corrected chi connectivity index (χ1v) is 5.35. The number of hydrogen-bond donors (Lipinski definition) is 1. The van der Waals surface area contributed by atoms with E-state index in [0.29, 0.717) is 12.8 Å². The van der Waals surface area contributed by atoms with Gasteiger partial charge >= 0.3 is 12.1 Å². The first-order valence-electron chi connectivity index (χ1n) is 5.35. The highest BCUT2D eigenvalue weighted by Gasteiger charge is 2.60. The van der Waals surface area contributed by atoms with Gasteiger partial charge in [0.2, 0.25) is 5.54 Å². The molecular formula is C10H16F3NO2. The van der Waals surface area contributed by atoms with Crippen LogP contribution >= 0.6 is 0 Å². The van der Waals surface area contributed by atoms with Gasteiger partial charge in [-0.2, -0.15) is 13.2 Å². The summed E-state index contributed by atoms with van der Waals surface area (Å²) in [5, 5.41) is 8.85. The van der Waals surface area contributed by atoms with Crippen LogP contribution in [0.5, 0.6) is 0 Å². The third kappa shape index (κ3) is 2.31. The number of halogens is 3. The van der Waals surface area contributed by atoms with E-state index in [0.717, 1.165) is 24.7 Å². The number of likely N-dealkylation sites (tertiary alicyclic amines) is 1. The van der Waals surface area contributed by atoms with Crippen LogP contribution in [0.3, 0.4) is 0 Å². The van der Waals surface area contributed by atoms with Crippen molar-refractivity contribution in [3.63, 3.8) is 0 Å². The van der Waals surface area contributed by atoms with Crippen LogP contribution in [0, 0.1) is 0 Å². The monoisotopic (exact) mass is 239 g/mol. The van der Waals surface area contributed by atoms with Crippen molar-refractivity contribution in [2.24, 2.45) is 0 Å². The summed E-state index contributed by atoms with van der Waals surface area (Å²) in [4.78, 5) is 12.0. The Bertz CT molecular complexity index is 259. The molecular weight excluding hydrogens is 223 g/mol. The third-order valence-electron chi connectivity index (χ3n) is 3.21. The summed E-state index contributed by atoms with van der Waals surface area (Å²) in [5.74, 6) is -1.82. The second-order valence-electron chi connectivity index (χ2n) is 4.28. The zero-order chi connectivity index (χ0) is 12.4. The van der Waals surface area contributed by atoms with Crippen LogP contribution in [-0.4, -0.2) is 40.8 Å². The second kappa shape index (κ2) is 4.61. The molecule has 1 unspecified atom stereocenters. The Kier molecular flexibility index (Phi) is 3.83. The minimum Gasteiger partial charge on any atom is -0.480 e. The van der Waals surface area contributed by atoms with Crippen LogP contribution in [0.25, 0.3) is 0 Å². The molecule has 1 saturated heterocycles. The topological polar surface area (TPSA) is 40.5 Å². The van der Waals surface area contributed by atoms with E-state index in [1.807, 2.05) is 0 Å². The number of aliphatic carboxylic acids is 1. The molecule has 0 amide bonds. The van der Waals surface area contributed by atoms with Crippen LogP contribution < -0.4 is 0 Å². The standard InChI is InChI=1S/C10H16F3NO2/c1-9(8(15)16,10(11,12)13)14-6-4-2-3-5-7-14/h2-7H2,1H3,(H,15,16). The Balaban J connectivity index is 2.96. The Morgan fingerprint density at radius 2 is 1.56 bits per heavy atom. The lowest BCUT2D eigenvalue weighted by Crippen LogP contribution is -2.62. The van der Waals surface area contributed by atoms with Gasteiger partial charge in [0, 0.05) is 0 Å². The van der Waals surface area contributed by atoms with Gasteiger partial charge < -0.3 is 5.11 Å². The van der Waals surface area contributed by atoms with Gasteiger partial charge in [-0.15, -0.1) is 0 Å². The molecule has 0 aromatic carbocycles. The van der Waals surface area contributed by atoms with Gasteiger partial charge in [-0.25, -0.2) is 4.79 Å². The Labute approximate surface area is 92.2 Å². The van der Waals surface area contributed by atoms with Gasteiger partial charge in [0.15, 0.2) is 0 Å². The van der Waals surface area contributed by atoms with E-state index < -0.39 is 17.7 Å². The van der Waals surface area contributed by atoms with Crippen LogP contribution in [0.4, 0.5) is 13.2 Å². The summed E-state index contributed by atoms with van der Waals surface area (Å²) < 4.78 is 38.5. The maximum atomic E-state index is 12.8. The number of carboxylic acid groups (broad SMARTS) is 1. The molecule has 0 aliphatic carbocycles. The Hall–Kier alpha value is -0.780. The summed E-state index contributed by atoms with van der Waals surface area (Å²) in [6.45, 7) is 1.14. The zero-order valence-corrected chi connectivity index (χ0v) is 9.18. The van der Waals surface area contributed by atoms with Crippen molar-refractivity contribution < 1.29 is 23.1 Å². The quantitative estimate of drug-likeness (QED) is 0.803. The van der Waals surface area contributed by atoms with Crippen molar-refractivity contribution >= 4 is 5.97 Å². The molecule has 0 spiro atoms. The molecule has 16 heavy (non-hydrogen) atoms. The number of carboxylic acids is 1. The molecule has 1 aliphatic heterocycles. The molecule has 1 heterocycles. The lowest BCUT2D eigenvalue weighted by molar-refractivity contribution is -0.232. The number of hydrogen-bond acceptors (Lipinski definition) is 2. The highest BCUT2D eigenvalue weighted by molar-refractivity contribution is 5.79. The number of alkyl halides is 3. The molecule has 1 atom stereocenters. The highest BCUT2D eigenvalue weighted by Crippen LogP contribution is 2.36. The minimum atomic E-state index is -4.75. The molecule has 0 aromatic heterocycles. The number of rotatable bonds is 2. The minimum absolute atomic E-state index is 0.197. The molecule has 1 N–H and O–H groups in total. The maximum Gasteiger partial charge on any atom is 0.417 e. The number of nitrogens with zero attached hydrogens (tertiary/aromatic N) is 1. The summed E-state index contributed by atoms with van der Waals surface area (Å²) in [6, 6.07) is 0. The van der Waals surface area contributed by atoms with Gasteiger partial charge in [-0.3, -0.25) is 4.90 Å². The van der Waals surface area contributed by atoms with E-state index in [2.05, 4.69) is 0 Å². The van der Waals surface area contributed by atoms with E-state index in [-0.39, 0.29) is 13.1 Å². The van der Waals surface area contributed by atoms with Gasteiger partial charge in [-0.1, -0.05) is 12.8 Å². The van der Waals surface area contributed by atoms with Crippen molar-refractivity contribution in [3.05, 3.63) is 0 Å². The fraction of sp³-hybridized carbons (Fsp3) is 0.900. The normalized spacial score (nSPS) is 23.5. The second-order valence-corrected chi connectivity index (χ2v) is 4.28. The number of carbonyl (C=O) groups is 1. The largest absolute Gasteiger partial charge is 0.480 e. The van der Waals surface area contributed by atoms with Gasteiger partial charge in [0.1, 0.15) is 0 Å². The molecule has 0 bridgehead atoms. The van der Waals surface area contributed by atoms with Crippen molar-refractivity contribution in [3.8, 4) is 0 Å². The highest BCUT2D eigenvalue weighted by atomic mass is 19.4. The predicted molar refractivity (Wildman–Crippen MR) is 52.1 cm³/mol. The first-order chi connectivity index (χ1) is 7.30. The van der Waals surface area contributed by atoms with Gasteiger partial charge in [-0.05, 0) is 32.9 Å². The summed E-state index contributed by atoms with van der Waals surface area (Å²) >= 11 is 0. The molecule has 6 heteroatoms. The van der Waals surface area contributed by atoms with Gasteiger partial charge in [0.25, 0.3) is 0 Å². The smallest absolute Gasteiger partial charge is 0.417 e. The van der Waals surface area contributed by atoms with Crippen LogP contribution in [-0.2, 0) is 4.79 Å². The van der Waals surface area contributed by atoms with Gasteiger partial charge in [0.05, 0.1) is 0 Å². The molecule has 1 aliphatic rings. The lowest BCUT2D eigenvalue weighted by Gasteiger charge is -2.38. The van der Waals surface area contributed by atoms with E-state index in [1.165, 1.54) is 0 Å². The maximum absolute atomic E-state index is 12.8. The average molecular weight is 239 g/mol. The summed E-state index contributed by atoms with van der Waals surface area (Å²) in [5.41, 5.74) is -2.75. The molecule has 94 valence electrons. The summed E-state index contributed by atoms with van der Waals surface area (Å²) in [7, 11) is 0. The van der Waals surface area contributed by atoms with Crippen LogP contribution in [0.2, 0.25) is 0 Å². The van der Waals surface area contributed by atoms with E-state index in [4.69, 9.17) is 5.11 Å². The molecule has 0 aromatic rings. The fourth-order valence-electron chi connectivity index (χ4n) is 1.95. The lowest BCUT2D eigenvalue weighted by atomic mass is 9.99. The van der Waals surface area contributed by atoms with Crippen LogP contribution in [0.1, 0.15) is 32.6 Å². The molecule has 1 rings (SSSR count). The molecule has 3 nitrogen and oxygen atoms in total. The van der Waals surface area contributed by atoms with E-state index >= 15 is 0 Å². The molecule has 0 radical (unpaired) electrons. The Morgan fingerprint density at radius 3 is 1.88 bits per heavy atom. The molecule has 0 saturated carbocycles. The van der Waals surface area contributed by atoms with E-state index in [1.54, 1.807) is 0 Å². The van der Waals surface area contributed by atoms with E-state index in [9.17, 15) is 18.0 Å². The Morgan fingerprint density at radius 1 is 1.12 bits per heavy atom. The first kappa shape index (κ1) is 13.3. The zero-order valence-electron chi connectivity index (χ0n) is 9.18. The summed E-state index contributed by atoms with van der Waals surface area (Å²) in [6.07, 6.45) is -1.77. The van der Waals surface area contributed by atoms with Crippen molar-refractivity contribution in [2.75, 3.05) is 13.1 Å².